The fraction of sp³-hybridized carbons (Fsp3) is 0.414. The summed E-state index contributed by atoms with van der Waals surface area (Å²) in [6, 6.07) is 17.7. The van der Waals surface area contributed by atoms with Crippen LogP contribution in [0.2, 0.25) is 0 Å². The number of aryl methyl sites for hydroxylation is 1. The predicted octanol–water partition coefficient (Wildman–Crippen LogP) is 7.60. The normalized spacial score (nSPS) is 17.9. The SMILES string of the molecule is C.CC.CCC.Cc1ccc(C(=O)Nc2ccccc2)cc1C12CC(c3cn[c-][cH-]3)(C1)C2.[W].[W].[W].[W].[W].[W].[Y]. The van der Waals surface area contributed by atoms with Crippen LogP contribution in [0.25, 0.3) is 0 Å². The van der Waals surface area contributed by atoms with Crippen molar-refractivity contribution in [3.63, 3.8) is 0 Å². The zero-order valence-electron chi connectivity index (χ0n) is 22.5. The van der Waals surface area contributed by atoms with Gasteiger partial charge in [0.05, 0.1) is 0 Å². The fourth-order valence-corrected chi connectivity index (χ4v) is 4.98. The van der Waals surface area contributed by atoms with Gasteiger partial charge in [-0.1, -0.05) is 71.2 Å². The van der Waals surface area contributed by atoms with Crippen molar-refractivity contribution < 1.29 is 164 Å². The van der Waals surface area contributed by atoms with Crippen LogP contribution in [0, 0.1) is 13.1 Å². The van der Waals surface area contributed by atoms with Gasteiger partial charge in [0.2, 0.25) is 0 Å². The van der Waals surface area contributed by atoms with E-state index in [0.717, 1.165) is 30.5 Å². The van der Waals surface area contributed by atoms with Gasteiger partial charge < -0.3 is 16.4 Å². The molecule has 0 saturated heterocycles. The van der Waals surface area contributed by atoms with Crippen LogP contribution in [0.1, 0.15) is 87.9 Å². The Morgan fingerprint density at radius 1 is 0.923 bits per heavy atom. The Morgan fingerprint density at radius 2 is 1.44 bits per heavy atom. The van der Waals surface area contributed by atoms with Crippen LogP contribution >= 0.6 is 0 Å². The van der Waals surface area contributed by atoms with Gasteiger partial charge in [-0.25, -0.2) is 0 Å². The maximum atomic E-state index is 12.6. The summed E-state index contributed by atoms with van der Waals surface area (Å²) < 4.78 is 0. The number of benzene rings is 2. The average molecular weight is 1620 g/mol. The van der Waals surface area contributed by atoms with Crippen LogP contribution in [0.3, 0.4) is 0 Å². The van der Waals surface area contributed by atoms with E-state index in [2.05, 4.69) is 49.4 Å². The minimum absolute atomic E-state index is 0. The Kier molecular flexibility index (Phi) is 35.6. The van der Waals surface area contributed by atoms with Gasteiger partial charge in [0.1, 0.15) is 0 Å². The Balaban J connectivity index is -0.000000197. The van der Waals surface area contributed by atoms with Gasteiger partial charge >= 0.3 is 0 Å². The number of rotatable bonds is 4. The number of nitrogens with zero attached hydrogens (tertiary/aromatic N) is 1. The Hall–Kier alpha value is 2.42. The third-order valence-electron chi connectivity index (χ3n) is 6.24. The summed E-state index contributed by atoms with van der Waals surface area (Å²) in [7, 11) is 0. The van der Waals surface area contributed by atoms with Crippen molar-refractivity contribution in [1.29, 1.82) is 0 Å². The van der Waals surface area contributed by atoms with E-state index in [0.29, 0.717) is 5.41 Å². The molecule has 2 aromatic carbocycles. The number of anilines is 1. The topological polar surface area (TPSA) is 42.0 Å². The van der Waals surface area contributed by atoms with Crippen LogP contribution in [0.5, 0.6) is 0 Å². The second-order valence-electron chi connectivity index (χ2n) is 8.63. The number of amides is 1. The maximum absolute atomic E-state index is 12.6. The molecule has 1 amide bonds. The standard InChI is InChI=1S/C23H20N2O.C3H8.C2H6.CH4.6W.Y/c1-16-7-8-17(21(26)25-19-5-3-2-4-6-19)11-20(16)23-13-22(14-23,15-23)18-9-10-24-12-18;1-3-2;1-2;;;;;;;;/h2-9,11-12H,13-15H2,1H3,(H,25,26);3H2,1-2H3;1-2H3;1H4;;;;;;;/q-2;;;;;;;;;;. The van der Waals surface area contributed by atoms with Crippen LogP contribution in [-0.2, 0) is 170 Å². The quantitative estimate of drug-likeness (QED) is 0.274. The minimum Gasteiger partial charge on any atom is -0.457 e. The Labute approximate surface area is 348 Å². The molecular formula is C29H38N2OW6Y-2. The molecule has 3 saturated carbocycles. The zero-order valence-corrected chi connectivity index (χ0v) is 42.9. The number of carbonyl (C=O) groups excluding carboxylic acids is 1. The minimum atomic E-state index is -0.0476. The van der Waals surface area contributed by atoms with Crippen molar-refractivity contribution in [3.8, 4) is 0 Å². The van der Waals surface area contributed by atoms with Gasteiger partial charge in [-0.2, -0.15) is 12.4 Å². The molecule has 1 aromatic heterocycles. The summed E-state index contributed by atoms with van der Waals surface area (Å²) in [6.07, 6.45) is 9.62. The van der Waals surface area contributed by atoms with Crippen molar-refractivity contribution in [2.75, 3.05) is 5.32 Å². The first kappa shape index (κ1) is 53.9. The smallest absolute Gasteiger partial charge is 0.255 e. The fourth-order valence-electron chi connectivity index (χ4n) is 4.98. The van der Waals surface area contributed by atoms with Crippen molar-refractivity contribution in [2.45, 2.75) is 78.6 Å². The van der Waals surface area contributed by atoms with Gasteiger partial charge in [-0.05, 0) is 67.0 Å². The first-order valence-electron chi connectivity index (χ1n) is 11.5. The monoisotopic (exact) mass is 1620 g/mol. The summed E-state index contributed by atoms with van der Waals surface area (Å²) in [4.78, 5) is 16.8. The first-order chi connectivity index (χ1) is 15.0. The molecule has 211 valence electrons. The molecule has 10 heteroatoms. The number of carbonyl (C=O) groups is 1. The molecule has 0 unspecified atom stereocenters. The zero-order chi connectivity index (χ0) is 22.5. The summed E-state index contributed by atoms with van der Waals surface area (Å²) in [5.74, 6) is -0.0476. The predicted molar refractivity (Wildman–Crippen MR) is 135 cm³/mol. The third kappa shape index (κ3) is 12.7. The van der Waals surface area contributed by atoms with E-state index in [1.54, 1.807) is 0 Å². The summed E-state index contributed by atoms with van der Waals surface area (Å²) in [5.41, 5.74) is 6.05. The molecule has 3 aromatic rings. The molecule has 0 aliphatic heterocycles. The first-order valence-corrected chi connectivity index (χ1v) is 11.5. The maximum Gasteiger partial charge on any atom is 0.255 e. The molecule has 2 bridgehead atoms. The molecule has 3 aliphatic carbocycles. The van der Waals surface area contributed by atoms with Crippen molar-refractivity contribution in [1.82, 2.24) is 4.98 Å². The van der Waals surface area contributed by atoms with Gasteiger partial charge in [-0.3, -0.25) is 10.4 Å². The number of para-hydroxylation sites is 1. The second kappa shape index (κ2) is 25.7. The Morgan fingerprint density at radius 3 is 1.90 bits per heavy atom. The number of hydrogen-bond acceptors (Lipinski definition) is 2. The molecule has 0 atom stereocenters. The molecule has 3 fully saturated rings. The van der Waals surface area contributed by atoms with Crippen LogP contribution in [0.4, 0.5) is 5.69 Å². The molecule has 39 heavy (non-hydrogen) atoms. The van der Waals surface area contributed by atoms with Gasteiger partial charge in [0.25, 0.3) is 5.91 Å². The number of nitrogens with one attached hydrogen (secondary N) is 1. The number of aromatic nitrogens is 1. The van der Waals surface area contributed by atoms with E-state index >= 15 is 0 Å². The molecule has 1 N–H and O–H groups in total. The van der Waals surface area contributed by atoms with E-state index in [4.69, 9.17) is 0 Å². The van der Waals surface area contributed by atoms with Crippen LogP contribution < -0.4 is 5.32 Å². The largest absolute Gasteiger partial charge is 0.457 e. The third-order valence-corrected chi connectivity index (χ3v) is 6.24. The second-order valence-corrected chi connectivity index (χ2v) is 8.63. The van der Waals surface area contributed by atoms with E-state index in [1.807, 2.05) is 62.5 Å². The van der Waals surface area contributed by atoms with E-state index < -0.39 is 0 Å². The molecular weight excluding hydrogens is 1580 g/mol. The van der Waals surface area contributed by atoms with E-state index in [9.17, 15) is 4.79 Å². The molecule has 3 nitrogen and oxygen atoms in total. The van der Waals surface area contributed by atoms with Gasteiger partial charge in [0, 0.05) is 170 Å². The van der Waals surface area contributed by atoms with E-state index in [-0.39, 0.29) is 178 Å². The van der Waals surface area contributed by atoms with Crippen molar-refractivity contribution in [3.05, 3.63) is 89.2 Å². The summed E-state index contributed by atoms with van der Waals surface area (Å²) >= 11 is 0. The van der Waals surface area contributed by atoms with Gasteiger partial charge in [-0.15, -0.1) is 0 Å². The van der Waals surface area contributed by atoms with Gasteiger partial charge in [0.15, 0.2) is 0 Å². The van der Waals surface area contributed by atoms with E-state index in [1.165, 1.54) is 23.1 Å². The average Bonchev–Trinajstić information content (AvgIpc) is 3.25. The molecule has 3 aliphatic rings. The van der Waals surface area contributed by atoms with Crippen LogP contribution in [0.15, 0.2) is 60.8 Å². The molecule has 1 heterocycles. The molecule has 0 spiro atoms. The summed E-state index contributed by atoms with van der Waals surface area (Å²) in [6.45, 7) is 10.4. The molecule has 1 radical (unpaired) electrons. The van der Waals surface area contributed by atoms with Crippen LogP contribution in [-0.4, -0.2) is 10.9 Å². The van der Waals surface area contributed by atoms with Crippen molar-refractivity contribution >= 4 is 11.6 Å². The summed E-state index contributed by atoms with van der Waals surface area (Å²) in [5, 5.41) is 2.98. The Bertz CT molecular complexity index is 1000. The number of hydrogen-bond donors (Lipinski definition) is 1. The van der Waals surface area contributed by atoms with Crippen molar-refractivity contribution in [2.24, 2.45) is 0 Å². The molecule has 6 rings (SSSR count).